The first kappa shape index (κ1) is 14.1. The van der Waals surface area contributed by atoms with E-state index in [1.165, 1.54) is 0 Å². The summed E-state index contributed by atoms with van der Waals surface area (Å²) in [7, 11) is 0. The number of hydrogen-bond donors (Lipinski definition) is 2. The van der Waals surface area contributed by atoms with Crippen molar-refractivity contribution in [2.24, 2.45) is 5.73 Å². The molecule has 0 heterocycles. The predicted octanol–water partition coefficient (Wildman–Crippen LogP) is 2.85. The lowest BCUT2D eigenvalue weighted by atomic mass is 10.1. The average molecular weight is 292 g/mol. The standard InChI is InChI=1S/C14H10F2N2OS/c15-10-4-9(5-11(16)7-10)14(19)18-12-3-1-2-8(6-12)13(17)20/h1-7H,(H2,17,20)(H,18,19). The fourth-order valence-electron chi connectivity index (χ4n) is 1.64. The highest BCUT2D eigenvalue weighted by Gasteiger charge is 2.10. The van der Waals surface area contributed by atoms with Gasteiger partial charge in [0.25, 0.3) is 5.91 Å². The number of benzene rings is 2. The Labute approximate surface area is 119 Å². The summed E-state index contributed by atoms with van der Waals surface area (Å²) < 4.78 is 26.1. The molecule has 0 saturated heterocycles. The summed E-state index contributed by atoms with van der Waals surface area (Å²) in [4.78, 5) is 12.1. The SMILES string of the molecule is NC(=S)c1cccc(NC(=O)c2cc(F)cc(F)c2)c1. The first-order chi connectivity index (χ1) is 9.45. The summed E-state index contributed by atoms with van der Waals surface area (Å²) in [6, 6.07) is 9.16. The van der Waals surface area contributed by atoms with E-state index in [0.717, 1.165) is 12.1 Å². The summed E-state index contributed by atoms with van der Waals surface area (Å²) in [6.07, 6.45) is 0. The molecule has 0 saturated carbocycles. The van der Waals surface area contributed by atoms with Gasteiger partial charge in [-0.15, -0.1) is 0 Å². The Morgan fingerprint density at radius 3 is 2.30 bits per heavy atom. The number of nitrogens with one attached hydrogen (secondary N) is 1. The molecule has 0 aliphatic heterocycles. The van der Waals surface area contributed by atoms with Gasteiger partial charge in [0.2, 0.25) is 0 Å². The van der Waals surface area contributed by atoms with Gasteiger partial charge in [0.1, 0.15) is 16.6 Å². The topological polar surface area (TPSA) is 55.1 Å². The molecule has 3 nitrogen and oxygen atoms in total. The molecule has 0 aliphatic rings. The zero-order valence-corrected chi connectivity index (χ0v) is 11.0. The molecule has 1 amide bonds. The van der Waals surface area contributed by atoms with Crippen LogP contribution >= 0.6 is 12.2 Å². The van der Waals surface area contributed by atoms with Gasteiger partial charge in [0.05, 0.1) is 0 Å². The molecular formula is C14H10F2N2OS. The van der Waals surface area contributed by atoms with Crippen LogP contribution in [-0.2, 0) is 0 Å². The van der Waals surface area contributed by atoms with Crippen molar-refractivity contribution in [2.75, 3.05) is 5.32 Å². The quantitative estimate of drug-likeness (QED) is 0.855. The second-order valence-corrected chi connectivity index (χ2v) is 4.50. The molecule has 3 N–H and O–H groups in total. The average Bonchev–Trinajstić information content (AvgIpc) is 2.37. The highest BCUT2D eigenvalue weighted by molar-refractivity contribution is 7.80. The molecule has 2 aromatic carbocycles. The van der Waals surface area contributed by atoms with Crippen LogP contribution in [0.2, 0.25) is 0 Å². The molecule has 0 bridgehead atoms. The summed E-state index contributed by atoms with van der Waals surface area (Å²) >= 11 is 4.83. The van der Waals surface area contributed by atoms with Crippen LogP contribution in [-0.4, -0.2) is 10.9 Å². The number of thiocarbonyl (C=S) groups is 1. The summed E-state index contributed by atoms with van der Waals surface area (Å²) in [5.74, 6) is -2.25. The number of anilines is 1. The maximum absolute atomic E-state index is 13.0. The van der Waals surface area contributed by atoms with Crippen molar-refractivity contribution in [2.45, 2.75) is 0 Å². The van der Waals surface area contributed by atoms with Crippen LogP contribution in [0.25, 0.3) is 0 Å². The van der Waals surface area contributed by atoms with Gasteiger partial charge in [-0.25, -0.2) is 8.78 Å². The summed E-state index contributed by atoms with van der Waals surface area (Å²) in [6.45, 7) is 0. The van der Waals surface area contributed by atoms with E-state index in [1.807, 2.05) is 0 Å². The van der Waals surface area contributed by atoms with E-state index < -0.39 is 17.5 Å². The lowest BCUT2D eigenvalue weighted by Crippen LogP contribution is -2.14. The fourth-order valence-corrected chi connectivity index (χ4v) is 1.77. The summed E-state index contributed by atoms with van der Waals surface area (Å²) in [5, 5.41) is 2.52. The second-order valence-electron chi connectivity index (χ2n) is 4.06. The molecule has 0 aliphatic carbocycles. The third-order valence-electron chi connectivity index (χ3n) is 2.53. The van der Waals surface area contributed by atoms with E-state index in [2.05, 4.69) is 5.32 Å². The second kappa shape index (κ2) is 5.75. The molecule has 20 heavy (non-hydrogen) atoms. The monoisotopic (exact) mass is 292 g/mol. The van der Waals surface area contributed by atoms with Crippen molar-refractivity contribution in [1.82, 2.24) is 0 Å². The van der Waals surface area contributed by atoms with E-state index in [4.69, 9.17) is 18.0 Å². The number of rotatable bonds is 3. The summed E-state index contributed by atoms with van der Waals surface area (Å²) in [5.41, 5.74) is 6.40. The number of hydrogen-bond acceptors (Lipinski definition) is 2. The van der Waals surface area contributed by atoms with E-state index in [1.54, 1.807) is 24.3 Å². The lowest BCUT2D eigenvalue weighted by Gasteiger charge is -2.07. The van der Waals surface area contributed by atoms with Gasteiger partial charge < -0.3 is 11.1 Å². The minimum absolute atomic E-state index is 0.108. The fraction of sp³-hybridized carbons (Fsp3) is 0. The molecule has 0 aromatic heterocycles. The van der Waals surface area contributed by atoms with Crippen molar-refractivity contribution >= 4 is 28.8 Å². The Kier molecular flexibility index (Phi) is 4.05. The number of halogens is 2. The van der Waals surface area contributed by atoms with Crippen LogP contribution < -0.4 is 11.1 Å². The van der Waals surface area contributed by atoms with Gasteiger partial charge in [0.15, 0.2) is 0 Å². The van der Waals surface area contributed by atoms with Crippen molar-refractivity contribution in [3.8, 4) is 0 Å². The zero-order chi connectivity index (χ0) is 14.7. The van der Waals surface area contributed by atoms with Crippen molar-refractivity contribution < 1.29 is 13.6 Å². The van der Waals surface area contributed by atoms with Crippen LogP contribution in [0.4, 0.5) is 14.5 Å². The Morgan fingerprint density at radius 1 is 1.05 bits per heavy atom. The van der Waals surface area contributed by atoms with Gasteiger partial charge in [-0.2, -0.15) is 0 Å². The molecular weight excluding hydrogens is 282 g/mol. The molecule has 0 unspecified atom stereocenters. The molecule has 6 heteroatoms. The Balaban J connectivity index is 2.23. The van der Waals surface area contributed by atoms with Crippen LogP contribution in [0.5, 0.6) is 0 Å². The highest BCUT2D eigenvalue weighted by Crippen LogP contribution is 2.14. The Bertz CT molecular complexity index is 668. The molecule has 102 valence electrons. The molecule has 0 spiro atoms. The van der Waals surface area contributed by atoms with Crippen LogP contribution in [0.3, 0.4) is 0 Å². The van der Waals surface area contributed by atoms with Gasteiger partial charge in [0, 0.05) is 22.9 Å². The van der Waals surface area contributed by atoms with E-state index in [-0.39, 0.29) is 10.6 Å². The number of carbonyl (C=O) groups excluding carboxylic acids is 1. The molecule has 2 aromatic rings. The predicted molar refractivity (Wildman–Crippen MR) is 76.6 cm³/mol. The molecule has 2 rings (SSSR count). The normalized spacial score (nSPS) is 10.1. The molecule has 0 radical (unpaired) electrons. The Hall–Kier alpha value is -2.34. The van der Waals surface area contributed by atoms with Gasteiger partial charge in [-0.05, 0) is 24.3 Å². The van der Waals surface area contributed by atoms with Crippen LogP contribution in [0.15, 0.2) is 42.5 Å². The van der Waals surface area contributed by atoms with Crippen molar-refractivity contribution in [3.05, 3.63) is 65.2 Å². The first-order valence-electron chi connectivity index (χ1n) is 5.63. The van der Waals surface area contributed by atoms with E-state index in [9.17, 15) is 13.6 Å². The third-order valence-corrected chi connectivity index (χ3v) is 2.77. The molecule has 0 atom stereocenters. The van der Waals surface area contributed by atoms with Gasteiger partial charge >= 0.3 is 0 Å². The van der Waals surface area contributed by atoms with E-state index in [0.29, 0.717) is 17.3 Å². The maximum Gasteiger partial charge on any atom is 0.255 e. The minimum atomic E-state index is -0.813. The smallest absolute Gasteiger partial charge is 0.255 e. The number of nitrogens with two attached hydrogens (primary N) is 1. The van der Waals surface area contributed by atoms with Gasteiger partial charge in [-0.3, -0.25) is 4.79 Å². The molecule has 0 fully saturated rings. The van der Waals surface area contributed by atoms with Crippen molar-refractivity contribution in [1.29, 1.82) is 0 Å². The maximum atomic E-state index is 13.0. The minimum Gasteiger partial charge on any atom is -0.389 e. The first-order valence-corrected chi connectivity index (χ1v) is 6.04. The van der Waals surface area contributed by atoms with Crippen molar-refractivity contribution in [3.63, 3.8) is 0 Å². The van der Waals surface area contributed by atoms with E-state index >= 15 is 0 Å². The van der Waals surface area contributed by atoms with Crippen LogP contribution in [0.1, 0.15) is 15.9 Å². The van der Waals surface area contributed by atoms with Gasteiger partial charge in [-0.1, -0.05) is 24.4 Å². The largest absolute Gasteiger partial charge is 0.389 e. The highest BCUT2D eigenvalue weighted by atomic mass is 32.1. The Morgan fingerprint density at radius 2 is 1.70 bits per heavy atom. The van der Waals surface area contributed by atoms with Crippen LogP contribution in [0, 0.1) is 11.6 Å². The number of carbonyl (C=O) groups is 1. The number of amides is 1. The third kappa shape index (κ3) is 3.36. The zero-order valence-electron chi connectivity index (χ0n) is 10.2. The lowest BCUT2D eigenvalue weighted by molar-refractivity contribution is 0.102.